The molecule has 0 unspecified atom stereocenters. The van der Waals surface area contributed by atoms with E-state index in [0.29, 0.717) is 16.3 Å². The fraction of sp³-hybridized carbons (Fsp3) is 0.167. The molecule has 1 heterocycles. The van der Waals surface area contributed by atoms with Crippen LogP contribution in [0.3, 0.4) is 0 Å². The van der Waals surface area contributed by atoms with Gasteiger partial charge in [-0.2, -0.15) is 4.37 Å². The van der Waals surface area contributed by atoms with Crippen LogP contribution >= 0.6 is 11.5 Å². The molecule has 1 aromatic carbocycles. The molecule has 2 rings (SSSR count). The largest absolute Gasteiger partial charge is 0.457 e. The summed E-state index contributed by atoms with van der Waals surface area (Å²) < 4.78 is 9.19. The van der Waals surface area contributed by atoms with Crippen molar-refractivity contribution >= 4 is 22.5 Å². The number of aryl methyl sites for hydroxylation is 1. The van der Waals surface area contributed by atoms with E-state index in [-0.39, 0.29) is 6.61 Å². The summed E-state index contributed by atoms with van der Waals surface area (Å²) in [7, 11) is 0. The SMILES string of the molecule is Cc1nsc(N)c1C(=O)OCc1ccccc1. The number of nitrogen functional groups attached to an aromatic ring is 1. The maximum absolute atomic E-state index is 11.8. The second-order valence-electron chi connectivity index (χ2n) is 3.57. The average molecular weight is 248 g/mol. The summed E-state index contributed by atoms with van der Waals surface area (Å²) in [6.45, 7) is 1.99. The number of rotatable bonds is 3. The molecule has 4 nitrogen and oxygen atoms in total. The van der Waals surface area contributed by atoms with Crippen molar-refractivity contribution in [3.05, 3.63) is 47.2 Å². The average Bonchev–Trinajstić information content (AvgIpc) is 2.67. The Labute approximate surface area is 103 Å². The molecule has 17 heavy (non-hydrogen) atoms. The van der Waals surface area contributed by atoms with Crippen molar-refractivity contribution in [2.24, 2.45) is 0 Å². The topological polar surface area (TPSA) is 65.2 Å². The first-order valence-corrected chi connectivity index (χ1v) is 5.88. The van der Waals surface area contributed by atoms with Gasteiger partial charge in [0.15, 0.2) is 0 Å². The van der Waals surface area contributed by atoms with Crippen LogP contribution in [0.1, 0.15) is 21.6 Å². The van der Waals surface area contributed by atoms with E-state index in [1.54, 1.807) is 6.92 Å². The van der Waals surface area contributed by atoms with Gasteiger partial charge in [-0.15, -0.1) is 0 Å². The van der Waals surface area contributed by atoms with Gasteiger partial charge in [-0.05, 0) is 24.0 Å². The van der Waals surface area contributed by atoms with Crippen molar-refractivity contribution < 1.29 is 9.53 Å². The van der Waals surface area contributed by atoms with Crippen LogP contribution in [0, 0.1) is 6.92 Å². The minimum Gasteiger partial charge on any atom is -0.457 e. The fourth-order valence-corrected chi connectivity index (χ4v) is 2.08. The standard InChI is InChI=1S/C12H12N2O2S/c1-8-10(11(13)17-14-8)12(15)16-7-9-5-3-2-4-6-9/h2-6H,7,13H2,1H3. The monoisotopic (exact) mass is 248 g/mol. The number of nitrogens with zero attached hydrogens (tertiary/aromatic N) is 1. The number of benzene rings is 1. The Hall–Kier alpha value is -1.88. The summed E-state index contributed by atoms with van der Waals surface area (Å²) in [5.74, 6) is -0.419. The molecule has 0 atom stereocenters. The van der Waals surface area contributed by atoms with Crippen LogP contribution in [0.5, 0.6) is 0 Å². The Morgan fingerprint density at radius 3 is 2.71 bits per heavy atom. The highest BCUT2D eigenvalue weighted by Gasteiger charge is 2.17. The van der Waals surface area contributed by atoms with Gasteiger partial charge in [-0.3, -0.25) is 0 Å². The summed E-state index contributed by atoms with van der Waals surface area (Å²) in [6.07, 6.45) is 0. The minimum atomic E-state index is -0.419. The number of ether oxygens (including phenoxy) is 1. The molecule has 88 valence electrons. The summed E-state index contributed by atoms with van der Waals surface area (Å²) >= 11 is 1.11. The van der Waals surface area contributed by atoms with Crippen molar-refractivity contribution in [2.75, 3.05) is 5.73 Å². The van der Waals surface area contributed by atoms with Crippen LogP contribution in [-0.2, 0) is 11.3 Å². The van der Waals surface area contributed by atoms with Crippen molar-refractivity contribution in [3.8, 4) is 0 Å². The maximum Gasteiger partial charge on any atom is 0.343 e. The number of esters is 1. The first kappa shape index (κ1) is 11.6. The summed E-state index contributed by atoms with van der Waals surface area (Å²) in [5, 5.41) is 0.403. The lowest BCUT2D eigenvalue weighted by atomic mass is 10.2. The van der Waals surface area contributed by atoms with E-state index < -0.39 is 5.97 Å². The molecular formula is C12H12N2O2S. The molecule has 0 aliphatic heterocycles. The lowest BCUT2D eigenvalue weighted by molar-refractivity contribution is 0.0473. The summed E-state index contributed by atoms with van der Waals surface area (Å²) in [6, 6.07) is 9.50. The highest BCUT2D eigenvalue weighted by molar-refractivity contribution is 7.10. The number of hydrogen-bond acceptors (Lipinski definition) is 5. The second-order valence-corrected chi connectivity index (χ2v) is 4.37. The first-order chi connectivity index (χ1) is 8.18. The molecule has 2 aromatic rings. The van der Waals surface area contributed by atoms with Crippen molar-refractivity contribution in [1.29, 1.82) is 0 Å². The molecule has 0 bridgehead atoms. The van der Waals surface area contributed by atoms with E-state index in [1.165, 1.54) is 0 Å². The molecular weight excluding hydrogens is 236 g/mol. The van der Waals surface area contributed by atoms with E-state index in [9.17, 15) is 4.79 Å². The molecule has 0 amide bonds. The maximum atomic E-state index is 11.8. The van der Waals surface area contributed by atoms with Crippen molar-refractivity contribution in [3.63, 3.8) is 0 Å². The quantitative estimate of drug-likeness (QED) is 0.847. The Bertz CT molecular complexity index is 503. The van der Waals surface area contributed by atoms with E-state index >= 15 is 0 Å². The van der Waals surface area contributed by atoms with E-state index in [0.717, 1.165) is 17.1 Å². The Balaban J connectivity index is 2.04. The number of carbonyl (C=O) groups excluding carboxylic acids is 1. The third-order valence-electron chi connectivity index (χ3n) is 2.31. The molecule has 0 fully saturated rings. The van der Waals surface area contributed by atoms with Crippen LogP contribution in [0.4, 0.5) is 5.00 Å². The number of hydrogen-bond donors (Lipinski definition) is 1. The van der Waals surface area contributed by atoms with E-state index in [2.05, 4.69) is 4.37 Å². The number of anilines is 1. The van der Waals surface area contributed by atoms with Crippen molar-refractivity contribution in [2.45, 2.75) is 13.5 Å². The van der Waals surface area contributed by atoms with Gasteiger partial charge in [0.05, 0.1) is 5.69 Å². The lowest BCUT2D eigenvalue weighted by Crippen LogP contribution is -2.07. The highest BCUT2D eigenvalue weighted by atomic mass is 32.1. The number of carbonyl (C=O) groups is 1. The molecule has 1 aromatic heterocycles. The zero-order valence-corrected chi connectivity index (χ0v) is 10.2. The summed E-state index contributed by atoms with van der Waals surface area (Å²) in [4.78, 5) is 11.8. The van der Waals surface area contributed by atoms with Gasteiger partial charge in [0.2, 0.25) is 0 Å². The molecule has 0 spiro atoms. The number of aromatic nitrogens is 1. The Morgan fingerprint density at radius 1 is 1.41 bits per heavy atom. The predicted octanol–water partition coefficient (Wildman–Crippen LogP) is 2.39. The van der Waals surface area contributed by atoms with Gasteiger partial charge in [-0.25, -0.2) is 4.79 Å². The smallest absolute Gasteiger partial charge is 0.343 e. The molecule has 0 aliphatic rings. The molecule has 2 N–H and O–H groups in total. The number of nitrogens with two attached hydrogens (primary N) is 1. The third-order valence-corrected chi connectivity index (χ3v) is 3.07. The zero-order chi connectivity index (χ0) is 12.3. The third kappa shape index (κ3) is 2.62. The van der Waals surface area contributed by atoms with Gasteiger partial charge in [-0.1, -0.05) is 30.3 Å². The van der Waals surface area contributed by atoms with Gasteiger partial charge in [0, 0.05) is 0 Å². The van der Waals surface area contributed by atoms with Crippen LogP contribution in [-0.4, -0.2) is 10.3 Å². The van der Waals surface area contributed by atoms with Crippen LogP contribution in [0.2, 0.25) is 0 Å². The van der Waals surface area contributed by atoms with Crippen LogP contribution in [0.15, 0.2) is 30.3 Å². The van der Waals surface area contributed by atoms with Crippen LogP contribution < -0.4 is 5.73 Å². The van der Waals surface area contributed by atoms with Crippen molar-refractivity contribution in [1.82, 2.24) is 4.37 Å². The molecule has 5 heteroatoms. The normalized spacial score (nSPS) is 10.2. The molecule has 0 aliphatic carbocycles. The van der Waals surface area contributed by atoms with E-state index in [4.69, 9.17) is 10.5 Å². The van der Waals surface area contributed by atoms with Gasteiger partial charge >= 0.3 is 5.97 Å². The van der Waals surface area contributed by atoms with Gasteiger partial charge in [0.1, 0.15) is 17.2 Å². The van der Waals surface area contributed by atoms with E-state index in [1.807, 2.05) is 30.3 Å². The second kappa shape index (κ2) is 4.97. The lowest BCUT2D eigenvalue weighted by Gasteiger charge is -2.04. The summed E-state index contributed by atoms with van der Waals surface area (Å²) in [5.41, 5.74) is 7.61. The zero-order valence-electron chi connectivity index (χ0n) is 9.34. The molecule has 0 radical (unpaired) electrons. The molecule has 0 saturated carbocycles. The van der Waals surface area contributed by atoms with Crippen LogP contribution in [0.25, 0.3) is 0 Å². The highest BCUT2D eigenvalue weighted by Crippen LogP contribution is 2.21. The first-order valence-electron chi connectivity index (χ1n) is 5.11. The molecule has 0 saturated heterocycles. The van der Waals surface area contributed by atoms with Gasteiger partial charge < -0.3 is 10.5 Å². The minimum absolute atomic E-state index is 0.244. The Kier molecular flexibility index (Phi) is 3.39. The van der Waals surface area contributed by atoms with Gasteiger partial charge in [0.25, 0.3) is 0 Å². The predicted molar refractivity (Wildman–Crippen MR) is 66.8 cm³/mol. The fourth-order valence-electron chi connectivity index (χ4n) is 1.43. The Morgan fingerprint density at radius 2 is 2.12 bits per heavy atom.